The normalized spacial score (nSPS) is 27.2. The van der Waals surface area contributed by atoms with Gasteiger partial charge in [-0.25, -0.2) is 4.39 Å². The monoisotopic (exact) mass is 532 g/mol. The number of aliphatic hydroxyl groups is 3. The molecule has 1 heterocycles. The molecule has 0 saturated carbocycles. The summed E-state index contributed by atoms with van der Waals surface area (Å²) in [5.41, 5.74) is 0.705. The summed E-state index contributed by atoms with van der Waals surface area (Å²) < 4.78 is 51.1. The van der Waals surface area contributed by atoms with Gasteiger partial charge < -0.3 is 34.0 Å². The van der Waals surface area contributed by atoms with E-state index in [1.165, 1.54) is 44.6 Å². The molecular formula is C24H31ClF2O7Si. The van der Waals surface area contributed by atoms with Crippen LogP contribution in [0.2, 0.25) is 24.7 Å². The van der Waals surface area contributed by atoms with Crippen LogP contribution in [-0.4, -0.2) is 68.9 Å². The van der Waals surface area contributed by atoms with Gasteiger partial charge in [-0.1, -0.05) is 23.7 Å². The van der Waals surface area contributed by atoms with Gasteiger partial charge in [0.25, 0.3) is 0 Å². The van der Waals surface area contributed by atoms with E-state index >= 15 is 0 Å². The van der Waals surface area contributed by atoms with Crippen molar-refractivity contribution in [3.05, 3.63) is 63.7 Å². The first-order valence-corrected chi connectivity index (χ1v) is 14.8. The molecule has 2 aromatic carbocycles. The number of hydrogen-bond acceptors (Lipinski definition) is 7. The van der Waals surface area contributed by atoms with Gasteiger partial charge >= 0.3 is 0 Å². The molecule has 0 spiro atoms. The van der Waals surface area contributed by atoms with Crippen LogP contribution >= 0.6 is 11.6 Å². The fourth-order valence-corrected chi connectivity index (χ4v) is 4.83. The lowest BCUT2D eigenvalue weighted by Gasteiger charge is -2.48. The third-order valence-electron chi connectivity index (χ3n) is 5.93. The van der Waals surface area contributed by atoms with E-state index in [9.17, 15) is 24.1 Å². The Morgan fingerprint density at radius 2 is 1.69 bits per heavy atom. The molecule has 2 aromatic rings. The van der Waals surface area contributed by atoms with Crippen LogP contribution in [0.1, 0.15) is 16.7 Å². The minimum Gasteiger partial charge on any atom is -0.494 e. The van der Waals surface area contributed by atoms with Crippen LogP contribution in [0.15, 0.2) is 30.3 Å². The Hall–Kier alpha value is -1.63. The molecule has 5 atom stereocenters. The quantitative estimate of drug-likeness (QED) is 0.449. The Bertz CT molecular complexity index is 1050. The predicted octanol–water partition coefficient (Wildman–Crippen LogP) is 3.35. The lowest BCUT2D eigenvalue weighted by atomic mass is 9.87. The lowest BCUT2D eigenvalue weighted by Crippen LogP contribution is -2.64. The fraction of sp³-hybridized carbons (Fsp3) is 0.500. The molecule has 7 nitrogen and oxygen atoms in total. The molecule has 0 aromatic heterocycles. The van der Waals surface area contributed by atoms with Crippen molar-refractivity contribution in [2.75, 3.05) is 20.8 Å². The first kappa shape index (κ1) is 27.9. The molecule has 0 amide bonds. The number of methoxy groups -OCH3 is 2. The Labute approximate surface area is 209 Å². The highest BCUT2D eigenvalue weighted by molar-refractivity contribution is 6.69. The fourth-order valence-electron chi connectivity index (χ4n) is 3.98. The highest BCUT2D eigenvalue weighted by Gasteiger charge is 2.55. The van der Waals surface area contributed by atoms with Crippen molar-refractivity contribution in [1.82, 2.24) is 0 Å². The zero-order chi connectivity index (χ0) is 26.1. The van der Waals surface area contributed by atoms with Gasteiger partial charge in [0.15, 0.2) is 19.9 Å². The maximum atomic E-state index is 14.6. The molecule has 1 saturated heterocycles. The second kappa shape index (κ2) is 10.8. The van der Waals surface area contributed by atoms with Gasteiger partial charge in [-0.2, -0.15) is 4.39 Å². The molecule has 194 valence electrons. The minimum absolute atomic E-state index is 0.0252. The number of halogens is 3. The first-order chi connectivity index (χ1) is 16.3. The molecule has 0 bridgehead atoms. The van der Waals surface area contributed by atoms with Crippen LogP contribution in [0, 0.1) is 11.6 Å². The highest BCUT2D eigenvalue weighted by atomic mass is 35.5. The Balaban J connectivity index is 1.99. The highest BCUT2D eigenvalue weighted by Crippen LogP contribution is 2.41. The summed E-state index contributed by atoms with van der Waals surface area (Å²) in [7, 11) is 0.539. The van der Waals surface area contributed by atoms with Crippen molar-refractivity contribution in [3.8, 4) is 5.75 Å². The first-order valence-electron chi connectivity index (χ1n) is 11.1. The van der Waals surface area contributed by atoms with Gasteiger partial charge in [0, 0.05) is 24.1 Å². The van der Waals surface area contributed by atoms with E-state index < -0.39 is 50.2 Å². The van der Waals surface area contributed by atoms with Gasteiger partial charge in [-0.15, -0.1) is 0 Å². The molecule has 1 unspecified atom stereocenters. The molecule has 11 heteroatoms. The molecule has 3 rings (SSSR count). The lowest BCUT2D eigenvalue weighted by molar-refractivity contribution is -0.365. The van der Waals surface area contributed by atoms with E-state index in [0.29, 0.717) is 5.56 Å². The maximum absolute atomic E-state index is 14.6. The van der Waals surface area contributed by atoms with Gasteiger partial charge in [0.2, 0.25) is 11.6 Å². The van der Waals surface area contributed by atoms with Crippen molar-refractivity contribution in [1.29, 1.82) is 0 Å². The van der Waals surface area contributed by atoms with Crippen molar-refractivity contribution in [2.24, 2.45) is 0 Å². The molecule has 1 aliphatic heterocycles. The standard InChI is InChI=1S/C24H31ClF2O7Si/c1-31-17-9-6-13(19(26)20(17)27)10-14-11-15(7-8-16(14)25)24(32-2)23(30)22(29)21(28)18(34-24)12-33-35(3,4)5/h6-9,11,18,21-23,28-30H,10,12H2,1-5H3/t18-,21?,22+,23-,24+/m1/s1. The van der Waals surface area contributed by atoms with E-state index in [-0.39, 0.29) is 34.9 Å². The number of benzene rings is 2. The third-order valence-corrected chi connectivity index (χ3v) is 7.33. The van der Waals surface area contributed by atoms with Gasteiger partial charge in [0.1, 0.15) is 24.4 Å². The second-order valence-electron chi connectivity index (χ2n) is 9.42. The molecule has 35 heavy (non-hydrogen) atoms. The third kappa shape index (κ3) is 5.70. The van der Waals surface area contributed by atoms with E-state index in [1.807, 2.05) is 19.6 Å². The number of aliphatic hydroxyl groups excluding tert-OH is 3. The molecule has 1 fully saturated rings. The Kier molecular flexibility index (Phi) is 8.60. The number of hydrogen-bond donors (Lipinski definition) is 3. The van der Waals surface area contributed by atoms with Crippen molar-refractivity contribution in [3.63, 3.8) is 0 Å². The second-order valence-corrected chi connectivity index (χ2v) is 14.3. The summed E-state index contributed by atoms with van der Waals surface area (Å²) in [5, 5.41) is 32.3. The van der Waals surface area contributed by atoms with Crippen LogP contribution in [-0.2, 0) is 26.1 Å². The summed E-state index contributed by atoms with van der Waals surface area (Å²) >= 11 is 6.35. The van der Waals surface area contributed by atoms with Crippen LogP contribution in [0.5, 0.6) is 5.75 Å². The average Bonchev–Trinajstić information content (AvgIpc) is 2.81. The minimum atomic E-state index is -1.99. The SMILES string of the molecule is COc1ccc(Cc2cc([C@]3(OC)O[C@H](CO[Si](C)(C)C)C(O)[C@H](O)[C@H]3O)ccc2Cl)c(F)c1F. The van der Waals surface area contributed by atoms with Crippen LogP contribution in [0.25, 0.3) is 0 Å². The van der Waals surface area contributed by atoms with Crippen LogP contribution < -0.4 is 4.74 Å². The Morgan fingerprint density at radius 3 is 2.29 bits per heavy atom. The molecule has 1 aliphatic rings. The van der Waals surface area contributed by atoms with Crippen molar-refractivity contribution >= 4 is 19.9 Å². The zero-order valence-corrected chi connectivity index (χ0v) is 22.0. The van der Waals surface area contributed by atoms with E-state index in [1.54, 1.807) is 0 Å². The number of rotatable bonds is 8. The largest absolute Gasteiger partial charge is 0.494 e. The van der Waals surface area contributed by atoms with Crippen molar-refractivity contribution in [2.45, 2.75) is 56.3 Å². The topological polar surface area (TPSA) is 97.6 Å². The molecule has 0 radical (unpaired) electrons. The predicted molar refractivity (Wildman–Crippen MR) is 128 cm³/mol. The summed E-state index contributed by atoms with van der Waals surface area (Å²) in [6, 6.07) is 7.27. The summed E-state index contributed by atoms with van der Waals surface area (Å²) in [6.07, 6.45) is -5.79. The van der Waals surface area contributed by atoms with Crippen LogP contribution in [0.4, 0.5) is 8.78 Å². The van der Waals surface area contributed by atoms with E-state index in [2.05, 4.69) is 0 Å². The van der Waals surface area contributed by atoms with Crippen LogP contribution in [0.3, 0.4) is 0 Å². The average molecular weight is 533 g/mol. The van der Waals surface area contributed by atoms with Gasteiger partial charge in [-0.3, -0.25) is 0 Å². The molecule has 0 aliphatic carbocycles. The zero-order valence-electron chi connectivity index (χ0n) is 20.2. The van der Waals surface area contributed by atoms with E-state index in [0.717, 1.165) is 0 Å². The summed E-state index contributed by atoms with van der Waals surface area (Å²) in [4.78, 5) is 0. The Morgan fingerprint density at radius 1 is 1.00 bits per heavy atom. The molecule has 3 N–H and O–H groups in total. The molecular weight excluding hydrogens is 502 g/mol. The van der Waals surface area contributed by atoms with Crippen molar-refractivity contribution < 1.29 is 42.7 Å². The van der Waals surface area contributed by atoms with E-state index in [4.69, 9.17) is 30.2 Å². The number of ether oxygens (including phenoxy) is 3. The van der Waals surface area contributed by atoms with Gasteiger partial charge in [0.05, 0.1) is 13.7 Å². The summed E-state index contributed by atoms with van der Waals surface area (Å²) in [6.45, 7) is 5.86. The summed E-state index contributed by atoms with van der Waals surface area (Å²) in [5.74, 6) is -4.28. The van der Waals surface area contributed by atoms with Gasteiger partial charge in [-0.05, 0) is 49.0 Å². The maximum Gasteiger partial charge on any atom is 0.224 e. The smallest absolute Gasteiger partial charge is 0.224 e.